The van der Waals surface area contributed by atoms with Crippen molar-refractivity contribution in [3.05, 3.63) is 57.0 Å². The first-order valence-corrected chi connectivity index (χ1v) is 8.94. The highest BCUT2D eigenvalue weighted by atomic mass is 127. The van der Waals surface area contributed by atoms with Crippen LogP contribution in [0.1, 0.15) is 5.56 Å². The summed E-state index contributed by atoms with van der Waals surface area (Å²) in [7, 11) is -3.65. The summed E-state index contributed by atoms with van der Waals surface area (Å²) in [6.45, 7) is 1.91. The fraction of sp³-hybridized carbons (Fsp3) is 0.0714. The zero-order valence-corrected chi connectivity index (χ0v) is 14.6. The van der Waals surface area contributed by atoms with Crippen LogP contribution in [0.4, 0.5) is 0 Å². The van der Waals surface area contributed by atoms with Gasteiger partial charge in [0.1, 0.15) is 5.15 Å². The van der Waals surface area contributed by atoms with Crippen LogP contribution in [0.25, 0.3) is 10.9 Å². The molecule has 0 aliphatic heterocycles. The molecule has 1 aromatic carbocycles. The summed E-state index contributed by atoms with van der Waals surface area (Å²) < 4.78 is 27.6. The molecule has 0 bridgehead atoms. The Bertz CT molecular complexity index is 934. The molecule has 108 valence electrons. The van der Waals surface area contributed by atoms with Crippen molar-refractivity contribution in [3.8, 4) is 0 Å². The standard InChI is InChI=1S/C14H10ClIN2O2S/c1-9-2-4-10(5-3-9)21(19,20)18-8-11(16)13-12(18)6-7-17-14(13)15/h2-8H,1H3. The van der Waals surface area contributed by atoms with E-state index in [-0.39, 0.29) is 4.90 Å². The lowest BCUT2D eigenvalue weighted by Crippen LogP contribution is -2.11. The third-order valence-corrected chi connectivity index (χ3v) is 5.96. The van der Waals surface area contributed by atoms with Gasteiger partial charge in [0.25, 0.3) is 10.0 Å². The number of halogens is 2. The number of hydrogen-bond donors (Lipinski definition) is 0. The van der Waals surface area contributed by atoms with Gasteiger partial charge < -0.3 is 0 Å². The molecule has 3 rings (SSSR count). The van der Waals surface area contributed by atoms with Crippen LogP contribution >= 0.6 is 34.2 Å². The third kappa shape index (κ3) is 2.45. The molecule has 0 amide bonds. The number of aromatic nitrogens is 2. The first-order chi connectivity index (χ1) is 9.91. The van der Waals surface area contributed by atoms with E-state index in [0.717, 1.165) is 9.13 Å². The second kappa shape index (κ2) is 5.26. The average molecular weight is 433 g/mol. The minimum absolute atomic E-state index is 0.245. The van der Waals surface area contributed by atoms with E-state index in [1.807, 2.05) is 6.92 Å². The van der Waals surface area contributed by atoms with Crippen LogP contribution in [0.15, 0.2) is 47.6 Å². The van der Waals surface area contributed by atoms with Gasteiger partial charge in [0.15, 0.2) is 0 Å². The molecule has 4 nitrogen and oxygen atoms in total. The Hall–Kier alpha value is -1.12. The molecule has 2 aromatic heterocycles. The molecule has 7 heteroatoms. The first kappa shape index (κ1) is 14.8. The van der Waals surface area contributed by atoms with E-state index in [1.165, 1.54) is 10.2 Å². The van der Waals surface area contributed by atoms with Gasteiger partial charge in [-0.05, 0) is 47.7 Å². The SMILES string of the molecule is Cc1ccc(S(=O)(=O)n2cc(I)c3c(Cl)nccc32)cc1. The van der Waals surface area contributed by atoms with Crippen molar-refractivity contribution in [3.63, 3.8) is 0 Å². The second-order valence-electron chi connectivity index (χ2n) is 4.59. The van der Waals surface area contributed by atoms with Crippen LogP contribution in [-0.2, 0) is 10.0 Å². The zero-order chi connectivity index (χ0) is 15.2. The summed E-state index contributed by atoms with van der Waals surface area (Å²) in [5, 5.41) is 0.949. The van der Waals surface area contributed by atoms with E-state index in [2.05, 4.69) is 27.6 Å². The van der Waals surface area contributed by atoms with Gasteiger partial charge in [-0.25, -0.2) is 17.4 Å². The number of aryl methyl sites for hydroxylation is 1. The smallest absolute Gasteiger partial charge is 0.244 e. The quantitative estimate of drug-likeness (QED) is 0.457. The number of benzene rings is 1. The molecule has 0 radical (unpaired) electrons. The number of hydrogen-bond acceptors (Lipinski definition) is 3. The van der Waals surface area contributed by atoms with E-state index in [4.69, 9.17) is 11.6 Å². The Labute approximate surface area is 140 Å². The maximum absolute atomic E-state index is 12.8. The zero-order valence-electron chi connectivity index (χ0n) is 10.9. The van der Waals surface area contributed by atoms with Gasteiger partial charge in [-0.2, -0.15) is 0 Å². The van der Waals surface area contributed by atoms with Crippen LogP contribution in [0, 0.1) is 10.5 Å². The summed E-state index contributed by atoms with van der Waals surface area (Å²) in [4.78, 5) is 4.25. The molecule has 0 saturated carbocycles. The topological polar surface area (TPSA) is 52.0 Å². The van der Waals surface area contributed by atoms with E-state index in [9.17, 15) is 8.42 Å². The highest BCUT2D eigenvalue weighted by molar-refractivity contribution is 14.1. The van der Waals surface area contributed by atoms with Crippen molar-refractivity contribution in [2.45, 2.75) is 11.8 Å². The third-order valence-electron chi connectivity index (χ3n) is 3.17. The molecular weight excluding hydrogens is 423 g/mol. The molecule has 0 spiro atoms. The largest absolute Gasteiger partial charge is 0.268 e. The van der Waals surface area contributed by atoms with E-state index in [0.29, 0.717) is 16.1 Å². The van der Waals surface area contributed by atoms with E-state index in [1.54, 1.807) is 36.5 Å². The summed E-state index contributed by atoms with van der Waals surface area (Å²) in [5.41, 5.74) is 1.54. The van der Waals surface area contributed by atoms with Crippen molar-refractivity contribution in [1.82, 2.24) is 8.96 Å². The molecule has 0 fully saturated rings. The van der Waals surface area contributed by atoms with Crippen molar-refractivity contribution in [2.75, 3.05) is 0 Å². The molecule has 0 aliphatic carbocycles. The van der Waals surface area contributed by atoms with Crippen molar-refractivity contribution in [1.29, 1.82) is 0 Å². The maximum atomic E-state index is 12.8. The average Bonchev–Trinajstić information content (AvgIpc) is 2.79. The minimum atomic E-state index is -3.65. The van der Waals surface area contributed by atoms with Crippen LogP contribution in [-0.4, -0.2) is 17.4 Å². The fourth-order valence-electron chi connectivity index (χ4n) is 2.09. The Morgan fingerprint density at radius 2 is 1.86 bits per heavy atom. The van der Waals surface area contributed by atoms with Gasteiger partial charge in [-0.1, -0.05) is 29.3 Å². The fourth-order valence-corrected chi connectivity index (χ4v) is 4.87. The lowest BCUT2D eigenvalue weighted by Gasteiger charge is -2.07. The molecule has 2 heterocycles. The lowest BCUT2D eigenvalue weighted by atomic mass is 10.2. The van der Waals surface area contributed by atoms with Crippen LogP contribution in [0.5, 0.6) is 0 Å². The number of pyridine rings is 1. The van der Waals surface area contributed by atoms with Crippen molar-refractivity contribution in [2.24, 2.45) is 0 Å². The Balaban J connectivity index is 2.29. The molecule has 21 heavy (non-hydrogen) atoms. The monoisotopic (exact) mass is 432 g/mol. The predicted molar refractivity (Wildman–Crippen MR) is 91.2 cm³/mol. The minimum Gasteiger partial charge on any atom is -0.244 e. The highest BCUT2D eigenvalue weighted by Crippen LogP contribution is 2.30. The molecule has 0 saturated heterocycles. The number of rotatable bonds is 2. The molecular formula is C14H10ClIN2O2S. The summed E-state index contributed by atoms with van der Waals surface area (Å²) in [5.74, 6) is 0. The predicted octanol–water partition coefficient (Wildman–Crippen LogP) is 3.84. The lowest BCUT2D eigenvalue weighted by molar-refractivity contribution is 0.589. The Morgan fingerprint density at radius 1 is 1.19 bits per heavy atom. The summed E-state index contributed by atoms with van der Waals surface area (Å²) in [6, 6.07) is 8.41. The van der Waals surface area contributed by atoms with Crippen LogP contribution < -0.4 is 0 Å². The molecule has 3 aromatic rings. The van der Waals surface area contributed by atoms with Gasteiger partial charge in [0.05, 0.1) is 15.8 Å². The molecule has 0 unspecified atom stereocenters. The van der Waals surface area contributed by atoms with E-state index < -0.39 is 10.0 Å². The maximum Gasteiger partial charge on any atom is 0.268 e. The van der Waals surface area contributed by atoms with Gasteiger partial charge in [-0.3, -0.25) is 0 Å². The van der Waals surface area contributed by atoms with Gasteiger partial charge in [-0.15, -0.1) is 0 Å². The summed E-state index contributed by atoms with van der Waals surface area (Å²) in [6.07, 6.45) is 3.07. The van der Waals surface area contributed by atoms with Crippen molar-refractivity contribution >= 4 is 55.1 Å². The van der Waals surface area contributed by atoms with Gasteiger partial charge >= 0.3 is 0 Å². The van der Waals surface area contributed by atoms with Gasteiger partial charge in [0, 0.05) is 16.0 Å². The Morgan fingerprint density at radius 3 is 2.52 bits per heavy atom. The Kier molecular flexibility index (Phi) is 3.71. The van der Waals surface area contributed by atoms with E-state index >= 15 is 0 Å². The van der Waals surface area contributed by atoms with Crippen LogP contribution in [0.3, 0.4) is 0 Å². The molecule has 0 N–H and O–H groups in total. The molecule has 0 atom stereocenters. The number of nitrogens with zero attached hydrogens (tertiary/aromatic N) is 2. The second-order valence-corrected chi connectivity index (χ2v) is 7.92. The highest BCUT2D eigenvalue weighted by Gasteiger charge is 2.21. The van der Waals surface area contributed by atoms with Crippen LogP contribution in [0.2, 0.25) is 5.15 Å². The van der Waals surface area contributed by atoms with Crippen molar-refractivity contribution < 1.29 is 8.42 Å². The number of fused-ring (bicyclic) bond motifs is 1. The summed E-state index contributed by atoms with van der Waals surface area (Å²) >= 11 is 8.13. The first-order valence-electron chi connectivity index (χ1n) is 6.04. The normalized spacial score (nSPS) is 12.0. The molecule has 0 aliphatic rings. The van der Waals surface area contributed by atoms with Gasteiger partial charge in [0.2, 0.25) is 0 Å².